The number of fused-ring (bicyclic) bond motifs is 1. The highest BCUT2D eigenvalue weighted by Crippen LogP contribution is 2.29. The van der Waals surface area contributed by atoms with Crippen molar-refractivity contribution in [1.82, 2.24) is 19.7 Å². The molecule has 0 saturated carbocycles. The van der Waals surface area contributed by atoms with Gasteiger partial charge in [0.2, 0.25) is 0 Å². The zero-order valence-electron chi connectivity index (χ0n) is 11.9. The van der Waals surface area contributed by atoms with Crippen molar-refractivity contribution in [2.75, 3.05) is 11.5 Å². The average molecular weight is 318 g/mol. The highest BCUT2D eigenvalue weighted by atomic mass is 32.2. The van der Waals surface area contributed by atoms with Crippen molar-refractivity contribution in [1.29, 1.82) is 0 Å². The fourth-order valence-corrected chi connectivity index (χ4v) is 4.52. The summed E-state index contributed by atoms with van der Waals surface area (Å²) in [5.41, 5.74) is 2.65. The van der Waals surface area contributed by atoms with Gasteiger partial charge in [-0.15, -0.1) is 0 Å². The van der Waals surface area contributed by atoms with E-state index in [-0.39, 0.29) is 17.4 Å². The van der Waals surface area contributed by atoms with E-state index in [1.54, 1.807) is 6.33 Å². The van der Waals surface area contributed by atoms with Crippen molar-refractivity contribution in [3.8, 4) is 11.5 Å². The summed E-state index contributed by atoms with van der Waals surface area (Å²) in [6, 6.07) is 5.73. The third kappa shape index (κ3) is 2.19. The van der Waals surface area contributed by atoms with Gasteiger partial charge in [0.05, 0.1) is 28.9 Å². The maximum Gasteiger partial charge on any atom is 0.258 e. The maximum atomic E-state index is 11.5. The van der Waals surface area contributed by atoms with E-state index in [2.05, 4.69) is 15.1 Å². The van der Waals surface area contributed by atoms with Crippen molar-refractivity contribution in [2.45, 2.75) is 12.3 Å². The van der Waals surface area contributed by atoms with Gasteiger partial charge in [0.15, 0.2) is 15.7 Å². The van der Waals surface area contributed by atoms with Gasteiger partial charge in [0.25, 0.3) is 5.89 Å². The van der Waals surface area contributed by atoms with E-state index in [0.29, 0.717) is 18.1 Å². The van der Waals surface area contributed by atoms with Crippen molar-refractivity contribution < 1.29 is 12.9 Å². The van der Waals surface area contributed by atoms with Gasteiger partial charge in [-0.2, -0.15) is 4.98 Å². The van der Waals surface area contributed by atoms with Crippen molar-refractivity contribution >= 4 is 20.9 Å². The van der Waals surface area contributed by atoms with Crippen LogP contribution in [0.4, 0.5) is 0 Å². The monoisotopic (exact) mass is 318 g/mol. The van der Waals surface area contributed by atoms with Crippen LogP contribution in [0.15, 0.2) is 29.0 Å². The number of aryl methyl sites for hydroxylation is 1. The van der Waals surface area contributed by atoms with E-state index in [1.807, 2.05) is 29.8 Å². The van der Waals surface area contributed by atoms with Gasteiger partial charge in [-0.05, 0) is 24.6 Å². The van der Waals surface area contributed by atoms with Crippen LogP contribution in [0.25, 0.3) is 22.5 Å². The van der Waals surface area contributed by atoms with Crippen LogP contribution >= 0.6 is 0 Å². The molecule has 0 bridgehead atoms. The molecule has 0 spiro atoms. The molecule has 3 aromatic rings. The van der Waals surface area contributed by atoms with Gasteiger partial charge in [-0.1, -0.05) is 5.16 Å². The first-order valence-electron chi connectivity index (χ1n) is 6.97. The van der Waals surface area contributed by atoms with E-state index < -0.39 is 9.84 Å². The summed E-state index contributed by atoms with van der Waals surface area (Å²) in [6.07, 6.45) is 2.30. The number of imidazole rings is 1. The molecule has 114 valence electrons. The van der Waals surface area contributed by atoms with Gasteiger partial charge in [0, 0.05) is 18.5 Å². The summed E-state index contributed by atoms with van der Waals surface area (Å²) in [5, 5.41) is 3.95. The van der Waals surface area contributed by atoms with Gasteiger partial charge in [-0.25, -0.2) is 13.4 Å². The predicted molar refractivity (Wildman–Crippen MR) is 80.0 cm³/mol. The molecule has 4 rings (SSSR count). The predicted octanol–water partition coefficient (Wildman–Crippen LogP) is 1.53. The SMILES string of the molecule is Cn1cnc2cc(-c3nc(C4CCS(=O)(=O)C4)no3)ccc21. The second-order valence-electron chi connectivity index (χ2n) is 5.62. The molecular formula is C14H14N4O3S. The van der Waals surface area contributed by atoms with Gasteiger partial charge in [-0.3, -0.25) is 0 Å². The molecule has 0 radical (unpaired) electrons. The molecule has 0 N–H and O–H groups in total. The van der Waals surface area contributed by atoms with Crippen LogP contribution in [0.3, 0.4) is 0 Å². The fourth-order valence-electron chi connectivity index (χ4n) is 2.79. The lowest BCUT2D eigenvalue weighted by Gasteiger charge is -1.98. The first kappa shape index (κ1) is 13.4. The molecule has 2 aromatic heterocycles. The van der Waals surface area contributed by atoms with Crippen molar-refractivity contribution in [2.24, 2.45) is 7.05 Å². The first-order valence-corrected chi connectivity index (χ1v) is 8.79. The number of sulfone groups is 1. The number of aromatic nitrogens is 4. The van der Waals surface area contributed by atoms with Crippen LogP contribution in [0, 0.1) is 0 Å². The van der Waals surface area contributed by atoms with E-state index in [1.165, 1.54) is 0 Å². The highest BCUT2D eigenvalue weighted by molar-refractivity contribution is 7.91. The summed E-state index contributed by atoms with van der Waals surface area (Å²) in [5.74, 6) is 0.997. The van der Waals surface area contributed by atoms with Crippen molar-refractivity contribution in [3.05, 3.63) is 30.4 Å². The number of rotatable bonds is 2. The topological polar surface area (TPSA) is 90.9 Å². The summed E-state index contributed by atoms with van der Waals surface area (Å²) in [4.78, 5) is 8.67. The Hall–Kier alpha value is -2.22. The molecule has 8 heteroatoms. The Kier molecular flexibility index (Phi) is 2.83. The molecule has 1 aliphatic rings. The highest BCUT2D eigenvalue weighted by Gasteiger charge is 2.32. The number of benzene rings is 1. The molecule has 22 heavy (non-hydrogen) atoms. The molecule has 1 aromatic carbocycles. The van der Waals surface area contributed by atoms with Crippen LogP contribution in [-0.4, -0.2) is 39.6 Å². The standard InChI is InChI=1S/C14H14N4O3S/c1-18-8-15-11-6-9(2-3-12(11)18)14-16-13(17-21-14)10-4-5-22(19,20)7-10/h2-3,6,8,10H,4-5,7H2,1H3. The molecule has 7 nitrogen and oxygen atoms in total. The van der Waals surface area contributed by atoms with Gasteiger partial charge >= 0.3 is 0 Å². The maximum absolute atomic E-state index is 11.5. The van der Waals surface area contributed by atoms with Gasteiger partial charge < -0.3 is 9.09 Å². The molecule has 0 amide bonds. The molecule has 1 unspecified atom stereocenters. The minimum Gasteiger partial charge on any atom is -0.334 e. The van der Waals surface area contributed by atoms with Gasteiger partial charge in [0.1, 0.15) is 0 Å². The fraction of sp³-hybridized carbons (Fsp3) is 0.357. The first-order chi connectivity index (χ1) is 10.5. The summed E-state index contributed by atoms with van der Waals surface area (Å²) >= 11 is 0. The zero-order chi connectivity index (χ0) is 15.3. The van der Waals surface area contributed by atoms with Crippen LogP contribution in [0.5, 0.6) is 0 Å². The third-order valence-corrected chi connectivity index (χ3v) is 5.78. The number of hydrogen-bond donors (Lipinski definition) is 0. The number of hydrogen-bond acceptors (Lipinski definition) is 6. The molecule has 1 fully saturated rings. The molecule has 3 heterocycles. The van der Waals surface area contributed by atoms with Crippen LogP contribution in [0.1, 0.15) is 18.2 Å². The second kappa shape index (κ2) is 4.64. The van der Waals surface area contributed by atoms with E-state index in [0.717, 1.165) is 16.6 Å². The third-order valence-electron chi connectivity index (χ3n) is 4.01. The molecule has 1 saturated heterocycles. The molecule has 1 atom stereocenters. The Balaban J connectivity index is 1.68. The van der Waals surface area contributed by atoms with Crippen LogP contribution in [0.2, 0.25) is 0 Å². The number of nitrogens with zero attached hydrogens (tertiary/aromatic N) is 4. The minimum absolute atomic E-state index is 0.102. The zero-order valence-corrected chi connectivity index (χ0v) is 12.7. The van der Waals surface area contributed by atoms with Crippen molar-refractivity contribution in [3.63, 3.8) is 0 Å². The summed E-state index contributed by atoms with van der Waals surface area (Å²) < 4.78 is 30.3. The quantitative estimate of drug-likeness (QED) is 0.711. The Morgan fingerprint density at radius 1 is 1.36 bits per heavy atom. The lowest BCUT2D eigenvalue weighted by atomic mass is 10.1. The molecule has 0 aliphatic carbocycles. The van der Waals surface area contributed by atoms with E-state index in [9.17, 15) is 8.42 Å². The van der Waals surface area contributed by atoms with E-state index >= 15 is 0 Å². The Bertz CT molecular complexity index is 958. The Morgan fingerprint density at radius 2 is 2.23 bits per heavy atom. The summed E-state index contributed by atoms with van der Waals surface area (Å²) in [6.45, 7) is 0. The summed E-state index contributed by atoms with van der Waals surface area (Å²) in [7, 11) is -1.03. The Labute approximate surface area is 126 Å². The van der Waals surface area contributed by atoms with E-state index in [4.69, 9.17) is 4.52 Å². The average Bonchev–Trinajstić information content (AvgIpc) is 3.18. The van der Waals surface area contributed by atoms with Crippen LogP contribution < -0.4 is 0 Å². The lowest BCUT2D eigenvalue weighted by molar-refractivity contribution is 0.418. The second-order valence-corrected chi connectivity index (χ2v) is 7.85. The molecule has 1 aliphatic heterocycles. The normalized spacial score (nSPS) is 20.7. The molecular weight excluding hydrogens is 304 g/mol. The Morgan fingerprint density at radius 3 is 3.00 bits per heavy atom. The van der Waals surface area contributed by atoms with Crippen LogP contribution in [-0.2, 0) is 16.9 Å². The lowest BCUT2D eigenvalue weighted by Crippen LogP contribution is -2.05. The largest absolute Gasteiger partial charge is 0.334 e. The minimum atomic E-state index is -2.96. The smallest absolute Gasteiger partial charge is 0.258 e.